The number of anilines is 1. The van der Waals surface area contributed by atoms with Gasteiger partial charge in [-0.05, 0) is 79.4 Å². The Morgan fingerprint density at radius 3 is 2.28 bits per heavy atom. The van der Waals surface area contributed by atoms with E-state index in [1.807, 2.05) is 13.2 Å². The molecule has 6 nitrogen and oxygen atoms in total. The maximum Gasteiger partial charge on any atom is 0.416 e. The highest BCUT2D eigenvalue weighted by atomic mass is 32.2. The van der Waals surface area contributed by atoms with Crippen molar-refractivity contribution in [1.82, 2.24) is 5.32 Å². The van der Waals surface area contributed by atoms with Gasteiger partial charge in [-0.25, -0.2) is 8.42 Å². The van der Waals surface area contributed by atoms with Gasteiger partial charge in [-0.2, -0.15) is 13.2 Å². The molecule has 3 rings (SSSR count). The Labute approximate surface area is 212 Å². The van der Waals surface area contributed by atoms with Gasteiger partial charge in [0.2, 0.25) is 5.91 Å². The summed E-state index contributed by atoms with van der Waals surface area (Å²) in [4.78, 5) is 13.6. The van der Waals surface area contributed by atoms with Gasteiger partial charge in [0.15, 0.2) is 0 Å². The number of ether oxygens (including phenoxy) is 1. The lowest BCUT2D eigenvalue weighted by atomic mass is 10.1. The molecular weight excluding hydrogens is 513 g/mol. The van der Waals surface area contributed by atoms with Crippen LogP contribution < -0.4 is 14.4 Å². The number of nitrogens with zero attached hydrogens (tertiary/aromatic N) is 1. The van der Waals surface area contributed by atoms with Crippen molar-refractivity contribution in [1.29, 1.82) is 0 Å². The molecule has 0 saturated carbocycles. The molecule has 0 aliphatic rings. The SMILES string of the molecule is CCOc1ccc(N(CC(=O)NCc2cccc(C(F)(F)F)c2)S(=O)(=O)c2ccc(SC)cc2)cc1. The number of alkyl halides is 3. The number of hydrogen-bond acceptors (Lipinski definition) is 5. The van der Waals surface area contributed by atoms with Crippen LogP contribution in [0.2, 0.25) is 0 Å². The lowest BCUT2D eigenvalue weighted by Crippen LogP contribution is -2.40. The van der Waals surface area contributed by atoms with Crippen LogP contribution in [0.3, 0.4) is 0 Å². The smallest absolute Gasteiger partial charge is 0.416 e. The number of hydrogen-bond donors (Lipinski definition) is 1. The minimum atomic E-state index is -4.51. The fourth-order valence-corrected chi connectivity index (χ4v) is 5.14. The molecule has 0 aliphatic heterocycles. The van der Waals surface area contributed by atoms with E-state index in [4.69, 9.17) is 4.74 Å². The van der Waals surface area contributed by atoms with Gasteiger partial charge in [-0.1, -0.05) is 12.1 Å². The van der Waals surface area contributed by atoms with Crippen molar-refractivity contribution >= 4 is 33.4 Å². The standard InChI is InChI=1S/C25H25F3N2O4S2/c1-3-34-21-9-7-20(8-10-21)30(36(32,33)23-13-11-22(35-2)12-14-23)17-24(31)29-16-18-5-4-6-19(15-18)25(26,27)28/h4-15H,3,16-17H2,1-2H3,(H,29,31). The molecule has 0 heterocycles. The van der Waals surface area contributed by atoms with Crippen LogP contribution in [-0.4, -0.2) is 33.7 Å². The second-order valence-corrected chi connectivity index (χ2v) is 10.3. The number of carbonyl (C=O) groups excluding carboxylic acids is 1. The minimum absolute atomic E-state index is 0.000127. The van der Waals surface area contributed by atoms with Gasteiger partial charge in [0.1, 0.15) is 12.3 Å². The molecule has 3 aromatic rings. The molecule has 0 unspecified atom stereocenters. The van der Waals surface area contributed by atoms with E-state index >= 15 is 0 Å². The van der Waals surface area contributed by atoms with E-state index in [9.17, 15) is 26.4 Å². The van der Waals surface area contributed by atoms with Gasteiger partial charge >= 0.3 is 6.18 Å². The van der Waals surface area contributed by atoms with E-state index in [1.165, 1.54) is 48.2 Å². The number of halogens is 3. The van der Waals surface area contributed by atoms with Crippen molar-refractivity contribution in [3.05, 3.63) is 83.9 Å². The molecule has 1 amide bonds. The third kappa shape index (κ3) is 6.94. The van der Waals surface area contributed by atoms with Crippen molar-refractivity contribution in [2.45, 2.75) is 29.4 Å². The summed E-state index contributed by atoms with van der Waals surface area (Å²) in [7, 11) is -4.13. The monoisotopic (exact) mass is 538 g/mol. The van der Waals surface area contributed by atoms with E-state index in [0.717, 1.165) is 21.3 Å². The number of sulfonamides is 1. The molecule has 3 aromatic carbocycles. The summed E-state index contributed by atoms with van der Waals surface area (Å²) in [6.45, 7) is 1.49. The highest BCUT2D eigenvalue weighted by Crippen LogP contribution is 2.30. The summed E-state index contributed by atoms with van der Waals surface area (Å²) < 4.78 is 72.3. The van der Waals surface area contributed by atoms with Crippen LogP contribution >= 0.6 is 11.8 Å². The zero-order valence-corrected chi connectivity index (χ0v) is 21.2. The van der Waals surface area contributed by atoms with Crippen molar-refractivity contribution in [3.8, 4) is 5.75 Å². The lowest BCUT2D eigenvalue weighted by molar-refractivity contribution is -0.137. The third-order valence-electron chi connectivity index (χ3n) is 5.11. The molecule has 0 aliphatic carbocycles. The quantitative estimate of drug-likeness (QED) is 0.353. The number of carbonyl (C=O) groups is 1. The Morgan fingerprint density at radius 1 is 1.03 bits per heavy atom. The molecule has 11 heteroatoms. The summed E-state index contributed by atoms with van der Waals surface area (Å²) in [6.07, 6.45) is -2.64. The first kappa shape index (κ1) is 27.4. The van der Waals surface area contributed by atoms with Gasteiger partial charge in [0.05, 0.1) is 22.8 Å². The highest BCUT2D eigenvalue weighted by Gasteiger charge is 2.30. The first-order chi connectivity index (χ1) is 17.0. The molecule has 0 radical (unpaired) electrons. The normalized spacial score (nSPS) is 11.7. The number of rotatable bonds is 10. The number of thioether (sulfide) groups is 1. The van der Waals surface area contributed by atoms with Gasteiger partial charge in [0, 0.05) is 11.4 Å². The molecular formula is C25H25F3N2O4S2. The highest BCUT2D eigenvalue weighted by molar-refractivity contribution is 7.98. The molecule has 0 saturated heterocycles. The average Bonchev–Trinajstić information content (AvgIpc) is 2.86. The molecule has 0 fully saturated rings. The fraction of sp³-hybridized carbons (Fsp3) is 0.240. The average molecular weight is 539 g/mol. The number of amides is 1. The van der Waals surface area contributed by atoms with Gasteiger partial charge in [-0.3, -0.25) is 9.10 Å². The summed E-state index contributed by atoms with van der Waals surface area (Å²) in [6, 6.07) is 17.1. The Hall–Kier alpha value is -3.18. The van der Waals surface area contributed by atoms with Crippen molar-refractivity contribution in [3.63, 3.8) is 0 Å². The van der Waals surface area contributed by atoms with E-state index < -0.39 is 34.2 Å². The minimum Gasteiger partial charge on any atom is -0.494 e. The van der Waals surface area contributed by atoms with Crippen LogP contribution in [0, 0.1) is 0 Å². The van der Waals surface area contributed by atoms with Crippen molar-refractivity contribution < 1.29 is 31.1 Å². The van der Waals surface area contributed by atoms with Crippen LogP contribution in [0.5, 0.6) is 5.75 Å². The summed E-state index contributed by atoms with van der Waals surface area (Å²) in [5.74, 6) is -0.137. The van der Waals surface area contributed by atoms with Gasteiger partial charge < -0.3 is 10.1 Å². The van der Waals surface area contributed by atoms with E-state index in [-0.39, 0.29) is 22.7 Å². The molecule has 0 atom stereocenters. The fourth-order valence-electron chi connectivity index (χ4n) is 3.31. The van der Waals surface area contributed by atoms with Crippen molar-refractivity contribution in [2.24, 2.45) is 0 Å². The molecule has 0 aromatic heterocycles. The first-order valence-corrected chi connectivity index (χ1v) is 13.5. The Morgan fingerprint density at radius 2 is 1.69 bits per heavy atom. The zero-order valence-electron chi connectivity index (χ0n) is 19.6. The Kier molecular flexibility index (Phi) is 8.91. The van der Waals surface area contributed by atoms with Crippen LogP contribution in [0.4, 0.5) is 18.9 Å². The molecule has 36 heavy (non-hydrogen) atoms. The molecule has 192 valence electrons. The molecule has 0 spiro atoms. The van der Waals surface area contributed by atoms with Gasteiger partial charge in [-0.15, -0.1) is 11.8 Å². The summed E-state index contributed by atoms with van der Waals surface area (Å²) in [5.41, 5.74) is -0.357. The predicted molar refractivity (Wildman–Crippen MR) is 134 cm³/mol. The second-order valence-electron chi connectivity index (χ2n) is 7.59. The maximum absolute atomic E-state index is 13.5. The second kappa shape index (κ2) is 11.7. The Balaban J connectivity index is 1.84. The summed E-state index contributed by atoms with van der Waals surface area (Å²) >= 11 is 1.46. The van der Waals surface area contributed by atoms with E-state index in [2.05, 4.69) is 5.32 Å². The van der Waals surface area contributed by atoms with Crippen molar-refractivity contribution in [2.75, 3.05) is 23.7 Å². The predicted octanol–water partition coefficient (Wildman–Crippen LogP) is 5.34. The number of benzene rings is 3. The van der Waals surface area contributed by atoms with Crippen LogP contribution in [0.25, 0.3) is 0 Å². The van der Waals surface area contributed by atoms with Crippen LogP contribution in [0.15, 0.2) is 82.6 Å². The molecule has 0 bridgehead atoms. The zero-order chi connectivity index (χ0) is 26.3. The van der Waals surface area contributed by atoms with E-state index in [1.54, 1.807) is 24.3 Å². The number of nitrogens with one attached hydrogen (secondary N) is 1. The van der Waals surface area contributed by atoms with Gasteiger partial charge in [0.25, 0.3) is 10.0 Å². The maximum atomic E-state index is 13.5. The largest absolute Gasteiger partial charge is 0.494 e. The lowest BCUT2D eigenvalue weighted by Gasteiger charge is -2.24. The third-order valence-corrected chi connectivity index (χ3v) is 7.65. The molecule has 1 N–H and O–H groups in total. The first-order valence-electron chi connectivity index (χ1n) is 10.9. The topological polar surface area (TPSA) is 75.7 Å². The summed E-state index contributed by atoms with van der Waals surface area (Å²) in [5, 5.41) is 2.51. The van der Waals surface area contributed by atoms with Crippen LogP contribution in [0.1, 0.15) is 18.1 Å². The van der Waals surface area contributed by atoms with Crippen LogP contribution in [-0.2, 0) is 27.5 Å². The van der Waals surface area contributed by atoms with E-state index in [0.29, 0.717) is 12.4 Å². The Bertz CT molecular complexity index is 1280.